The summed E-state index contributed by atoms with van der Waals surface area (Å²) in [6.07, 6.45) is 9.67. The summed E-state index contributed by atoms with van der Waals surface area (Å²) in [5.74, 6) is 0. The molecular weight excluding hydrogens is 344 g/mol. The van der Waals surface area contributed by atoms with E-state index in [2.05, 4.69) is 36.0 Å². The molecule has 0 aliphatic carbocycles. The average Bonchev–Trinajstić information content (AvgIpc) is 3.32. The van der Waals surface area contributed by atoms with Gasteiger partial charge in [0, 0.05) is 6.04 Å². The number of aromatic nitrogens is 1. The Kier molecular flexibility index (Phi) is 12.4. The van der Waals surface area contributed by atoms with Crippen LogP contribution in [-0.4, -0.2) is 37.9 Å². The summed E-state index contributed by atoms with van der Waals surface area (Å²) < 4.78 is 11.6. The normalized spacial score (nSPS) is 15.9. The number of thiazole rings is 1. The van der Waals surface area contributed by atoms with Crippen molar-refractivity contribution in [1.82, 2.24) is 10.3 Å². The van der Waals surface area contributed by atoms with Gasteiger partial charge in [-0.05, 0) is 44.9 Å². The van der Waals surface area contributed by atoms with Crippen LogP contribution in [0.25, 0.3) is 10.2 Å². The van der Waals surface area contributed by atoms with Crippen LogP contribution in [0.15, 0.2) is 49.1 Å². The Labute approximate surface area is 161 Å². The van der Waals surface area contributed by atoms with E-state index >= 15 is 0 Å². The highest BCUT2D eigenvalue weighted by atomic mass is 32.1. The van der Waals surface area contributed by atoms with E-state index in [1.807, 2.05) is 31.2 Å². The number of para-hydroxylation sites is 1. The predicted molar refractivity (Wildman–Crippen MR) is 113 cm³/mol. The Morgan fingerprint density at radius 3 is 2.73 bits per heavy atom. The van der Waals surface area contributed by atoms with Crippen molar-refractivity contribution in [3.63, 3.8) is 0 Å². The number of rotatable bonds is 6. The van der Waals surface area contributed by atoms with Gasteiger partial charge in [0.05, 0.1) is 30.5 Å². The number of fused-ring (bicyclic) bond motifs is 1. The van der Waals surface area contributed by atoms with Crippen molar-refractivity contribution in [2.24, 2.45) is 0 Å². The van der Waals surface area contributed by atoms with Gasteiger partial charge in [-0.1, -0.05) is 48.6 Å². The fraction of sp³-hybridized carbons (Fsp3) is 0.476. The van der Waals surface area contributed by atoms with E-state index in [0.717, 1.165) is 30.3 Å². The largest absolute Gasteiger partial charge is 0.473 e. The summed E-state index contributed by atoms with van der Waals surface area (Å²) in [7, 11) is 1.64. The van der Waals surface area contributed by atoms with E-state index in [-0.39, 0.29) is 0 Å². The van der Waals surface area contributed by atoms with Crippen molar-refractivity contribution in [3.8, 4) is 5.19 Å². The highest BCUT2D eigenvalue weighted by molar-refractivity contribution is 7.20. The van der Waals surface area contributed by atoms with Gasteiger partial charge in [0.1, 0.15) is 0 Å². The number of benzene rings is 1. The van der Waals surface area contributed by atoms with Crippen molar-refractivity contribution in [1.29, 1.82) is 0 Å². The van der Waals surface area contributed by atoms with Crippen LogP contribution in [-0.2, 0) is 4.74 Å². The monoisotopic (exact) mass is 376 g/mol. The van der Waals surface area contributed by atoms with Crippen LogP contribution in [0.5, 0.6) is 5.19 Å². The van der Waals surface area contributed by atoms with E-state index < -0.39 is 0 Å². The van der Waals surface area contributed by atoms with Gasteiger partial charge in [-0.2, -0.15) is 0 Å². The van der Waals surface area contributed by atoms with Crippen LogP contribution < -0.4 is 10.1 Å². The van der Waals surface area contributed by atoms with Crippen LogP contribution in [0.3, 0.4) is 0 Å². The second-order valence-electron chi connectivity index (χ2n) is 5.77. The number of nitrogens with zero attached hydrogens (tertiary/aromatic N) is 1. The molecule has 1 fully saturated rings. The lowest BCUT2D eigenvalue weighted by molar-refractivity contribution is 0.141. The molecule has 0 spiro atoms. The maximum Gasteiger partial charge on any atom is 0.274 e. The molecule has 0 unspecified atom stereocenters. The van der Waals surface area contributed by atoms with Crippen LogP contribution >= 0.6 is 11.3 Å². The van der Waals surface area contributed by atoms with Crippen LogP contribution in [0.4, 0.5) is 0 Å². The van der Waals surface area contributed by atoms with Gasteiger partial charge in [-0.3, -0.25) is 0 Å². The summed E-state index contributed by atoms with van der Waals surface area (Å²) in [5.41, 5.74) is 1.01. The summed E-state index contributed by atoms with van der Waals surface area (Å²) in [6.45, 7) is 10.2. The first-order valence-electron chi connectivity index (χ1n) is 9.17. The average molecular weight is 377 g/mol. The Bertz CT molecular complexity index is 601. The minimum absolute atomic E-state index is 0.611. The quantitative estimate of drug-likeness (QED) is 0.554. The third-order valence-electron chi connectivity index (χ3n) is 3.55. The van der Waals surface area contributed by atoms with E-state index in [4.69, 9.17) is 9.47 Å². The minimum atomic E-state index is 0.611. The maximum absolute atomic E-state index is 5.47. The molecule has 4 nitrogen and oxygen atoms in total. The SMILES string of the molecule is C=CC.CC/C=C\COC[C@H]1CCCN1.COc1nc2ccccc2s1. The fourth-order valence-corrected chi connectivity index (χ4v) is 3.13. The first-order chi connectivity index (χ1) is 12.7. The summed E-state index contributed by atoms with van der Waals surface area (Å²) in [5, 5.41) is 4.13. The molecule has 0 saturated carbocycles. The first-order valence-corrected chi connectivity index (χ1v) is 9.99. The molecule has 0 radical (unpaired) electrons. The molecule has 2 aromatic rings. The second-order valence-corrected chi connectivity index (χ2v) is 6.76. The van der Waals surface area contributed by atoms with E-state index in [9.17, 15) is 0 Å². The highest BCUT2D eigenvalue weighted by Crippen LogP contribution is 2.26. The van der Waals surface area contributed by atoms with Gasteiger partial charge in [-0.15, -0.1) is 6.58 Å². The molecule has 1 atom stereocenters. The molecule has 0 amide bonds. The lowest BCUT2D eigenvalue weighted by Crippen LogP contribution is -2.26. The zero-order valence-corrected chi connectivity index (χ0v) is 17.1. The molecule has 5 heteroatoms. The van der Waals surface area contributed by atoms with E-state index in [1.165, 1.54) is 24.1 Å². The Morgan fingerprint density at radius 1 is 1.35 bits per heavy atom. The number of methoxy groups -OCH3 is 1. The molecule has 1 aromatic carbocycles. The topological polar surface area (TPSA) is 43.4 Å². The van der Waals surface area contributed by atoms with E-state index in [1.54, 1.807) is 24.5 Å². The van der Waals surface area contributed by atoms with Crippen molar-refractivity contribution in [2.75, 3.05) is 26.9 Å². The maximum atomic E-state index is 5.47. The number of hydrogen-bond donors (Lipinski definition) is 1. The molecule has 3 rings (SSSR count). The number of hydrogen-bond acceptors (Lipinski definition) is 5. The Balaban J connectivity index is 0.000000227. The molecule has 144 valence electrons. The predicted octanol–water partition coefficient (Wildman–Crippen LogP) is 5.22. The van der Waals surface area contributed by atoms with Crippen LogP contribution in [0.1, 0.15) is 33.1 Å². The van der Waals surface area contributed by atoms with Gasteiger partial charge in [0.15, 0.2) is 0 Å². The zero-order chi connectivity index (χ0) is 19.0. The van der Waals surface area contributed by atoms with E-state index in [0.29, 0.717) is 6.04 Å². The van der Waals surface area contributed by atoms with Gasteiger partial charge in [0.25, 0.3) is 5.19 Å². The molecule has 1 aromatic heterocycles. The van der Waals surface area contributed by atoms with Gasteiger partial charge in [-0.25, -0.2) is 4.98 Å². The van der Waals surface area contributed by atoms with Crippen molar-refractivity contribution >= 4 is 21.6 Å². The molecule has 1 aliphatic heterocycles. The lowest BCUT2D eigenvalue weighted by atomic mass is 10.2. The Hall–Kier alpha value is -1.69. The summed E-state index contributed by atoms with van der Waals surface area (Å²) in [4.78, 5) is 4.23. The standard InChI is InChI=1S/C10H19NO.C8H7NOS.C3H6/c1-2-3-4-8-12-9-10-6-5-7-11-10;1-10-8-9-6-4-2-3-5-7(6)11-8;1-3-2/h3-4,10-11H,2,5-9H2,1H3;2-5H,1H3;3H,1H2,2H3/b4-3-;;/t10-;;/m1../s1. The molecular formula is C21H32N2O2S. The third kappa shape index (κ3) is 9.13. The molecule has 2 heterocycles. The fourth-order valence-electron chi connectivity index (χ4n) is 2.35. The summed E-state index contributed by atoms with van der Waals surface area (Å²) in [6, 6.07) is 8.60. The highest BCUT2D eigenvalue weighted by Gasteiger charge is 2.12. The van der Waals surface area contributed by atoms with Gasteiger partial charge < -0.3 is 14.8 Å². The number of nitrogens with one attached hydrogen (secondary N) is 1. The number of allylic oxidation sites excluding steroid dienone is 2. The van der Waals surface area contributed by atoms with Crippen molar-refractivity contribution in [3.05, 3.63) is 49.1 Å². The minimum Gasteiger partial charge on any atom is -0.473 e. The molecule has 1 N–H and O–H groups in total. The molecule has 1 aliphatic rings. The number of ether oxygens (including phenoxy) is 2. The summed E-state index contributed by atoms with van der Waals surface area (Å²) >= 11 is 1.56. The molecule has 26 heavy (non-hydrogen) atoms. The molecule has 1 saturated heterocycles. The lowest BCUT2D eigenvalue weighted by Gasteiger charge is -2.08. The molecule has 0 bridgehead atoms. The first kappa shape index (κ1) is 22.4. The van der Waals surface area contributed by atoms with Crippen molar-refractivity contribution in [2.45, 2.75) is 39.2 Å². The Morgan fingerprint density at radius 2 is 2.12 bits per heavy atom. The van der Waals surface area contributed by atoms with Crippen LogP contribution in [0, 0.1) is 0 Å². The van der Waals surface area contributed by atoms with Gasteiger partial charge >= 0.3 is 0 Å². The third-order valence-corrected chi connectivity index (χ3v) is 4.54. The van der Waals surface area contributed by atoms with Gasteiger partial charge in [0.2, 0.25) is 0 Å². The second kappa shape index (κ2) is 14.5. The van der Waals surface area contributed by atoms with Crippen LogP contribution in [0.2, 0.25) is 0 Å². The zero-order valence-electron chi connectivity index (χ0n) is 16.2. The smallest absolute Gasteiger partial charge is 0.274 e. The van der Waals surface area contributed by atoms with Crippen molar-refractivity contribution < 1.29 is 9.47 Å².